The van der Waals surface area contributed by atoms with E-state index >= 15 is 0 Å². The lowest BCUT2D eigenvalue weighted by Crippen LogP contribution is -2.39. The number of nitrogens with one attached hydrogen (secondary N) is 2. The number of hydrogen-bond acceptors (Lipinski definition) is 5. The first-order valence-electron chi connectivity index (χ1n) is 7.17. The minimum atomic E-state index is 0.390. The Hall–Kier alpha value is -1.36. The molecule has 5 nitrogen and oxygen atoms in total. The summed E-state index contributed by atoms with van der Waals surface area (Å²) in [6, 6.07) is 2.45. The standard InChI is InChI=1S/C14H25N5/c1-11(2)18-13-7-14(17-10-16-13)19-6-4-5-12(9-19)8-15-3/h7,10-12,15H,4-6,8-9H2,1-3H3,(H,16,17,18). The fourth-order valence-corrected chi connectivity index (χ4v) is 2.62. The Balaban J connectivity index is 2.04. The Morgan fingerprint density at radius 1 is 1.42 bits per heavy atom. The van der Waals surface area contributed by atoms with Crippen LogP contribution in [0.1, 0.15) is 26.7 Å². The third-order valence-electron chi connectivity index (χ3n) is 3.42. The second-order valence-corrected chi connectivity index (χ2v) is 5.57. The monoisotopic (exact) mass is 263 g/mol. The molecule has 2 N–H and O–H groups in total. The zero-order valence-corrected chi connectivity index (χ0v) is 12.2. The van der Waals surface area contributed by atoms with Crippen molar-refractivity contribution >= 4 is 11.6 Å². The van der Waals surface area contributed by atoms with Gasteiger partial charge in [-0.2, -0.15) is 0 Å². The van der Waals surface area contributed by atoms with Gasteiger partial charge in [-0.05, 0) is 46.2 Å². The van der Waals surface area contributed by atoms with Gasteiger partial charge in [-0.3, -0.25) is 0 Å². The number of hydrogen-bond donors (Lipinski definition) is 2. The maximum absolute atomic E-state index is 4.42. The molecule has 0 bridgehead atoms. The molecule has 0 aromatic carbocycles. The number of rotatable bonds is 5. The predicted molar refractivity (Wildman–Crippen MR) is 79.7 cm³/mol. The molecule has 1 saturated heterocycles. The predicted octanol–water partition coefficient (Wildman–Crippen LogP) is 1.73. The van der Waals surface area contributed by atoms with E-state index in [-0.39, 0.29) is 0 Å². The van der Waals surface area contributed by atoms with Crippen molar-refractivity contribution in [2.75, 3.05) is 36.9 Å². The summed E-state index contributed by atoms with van der Waals surface area (Å²) >= 11 is 0. The second kappa shape index (κ2) is 6.70. The van der Waals surface area contributed by atoms with Crippen molar-refractivity contribution in [3.63, 3.8) is 0 Å². The van der Waals surface area contributed by atoms with E-state index in [1.165, 1.54) is 12.8 Å². The first-order valence-corrected chi connectivity index (χ1v) is 7.17. The first-order chi connectivity index (χ1) is 9.19. The van der Waals surface area contributed by atoms with Crippen molar-refractivity contribution in [1.82, 2.24) is 15.3 Å². The summed E-state index contributed by atoms with van der Waals surface area (Å²) in [6.45, 7) is 7.49. The zero-order valence-electron chi connectivity index (χ0n) is 12.2. The molecular weight excluding hydrogens is 238 g/mol. The molecule has 0 aliphatic carbocycles. The SMILES string of the molecule is CNCC1CCCN(c2cc(NC(C)C)ncn2)C1. The van der Waals surface area contributed by atoms with Gasteiger partial charge in [0.1, 0.15) is 18.0 Å². The van der Waals surface area contributed by atoms with Crippen molar-refractivity contribution in [1.29, 1.82) is 0 Å². The number of nitrogens with zero attached hydrogens (tertiary/aromatic N) is 3. The van der Waals surface area contributed by atoms with Gasteiger partial charge in [0.15, 0.2) is 0 Å². The van der Waals surface area contributed by atoms with Crippen molar-refractivity contribution < 1.29 is 0 Å². The van der Waals surface area contributed by atoms with Crippen molar-refractivity contribution in [2.24, 2.45) is 5.92 Å². The van der Waals surface area contributed by atoms with E-state index in [0.717, 1.165) is 37.2 Å². The Labute approximate surface area is 115 Å². The zero-order chi connectivity index (χ0) is 13.7. The minimum Gasteiger partial charge on any atom is -0.368 e. The Morgan fingerprint density at radius 3 is 3.00 bits per heavy atom. The van der Waals surface area contributed by atoms with E-state index in [1.54, 1.807) is 6.33 Å². The quantitative estimate of drug-likeness (QED) is 0.847. The normalized spacial score (nSPS) is 19.8. The van der Waals surface area contributed by atoms with Gasteiger partial charge in [-0.25, -0.2) is 9.97 Å². The summed E-state index contributed by atoms with van der Waals surface area (Å²) in [5, 5.41) is 6.61. The lowest BCUT2D eigenvalue weighted by Gasteiger charge is -2.33. The summed E-state index contributed by atoms with van der Waals surface area (Å²) in [5.41, 5.74) is 0. The number of piperidine rings is 1. The third kappa shape index (κ3) is 4.06. The molecule has 19 heavy (non-hydrogen) atoms. The van der Waals surface area contributed by atoms with Crippen LogP contribution < -0.4 is 15.5 Å². The van der Waals surface area contributed by atoms with Crippen molar-refractivity contribution in [2.45, 2.75) is 32.7 Å². The van der Waals surface area contributed by atoms with Gasteiger partial charge in [0.2, 0.25) is 0 Å². The van der Waals surface area contributed by atoms with Crippen LogP contribution in [0.3, 0.4) is 0 Å². The van der Waals surface area contributed by atoms with E-state index in [4.69, 9.17) is 0 Å². The maximum Gasteiger partial charge on any atom is 0.134 e. The van der Waals surface area contributed by atoms with Gasteiger partial charge in [0.05, 0.1) is 0 Å². The lowest BCUT2D eigenvalue weighted by atomic mass is 9.98. The Bertz CT molecular complexity index is 391. The number of aromatic nitrogens is 2. The van der Waals surface area contributed by atoms with Gasteiger partial charge in [0.25, 0.3) is 0 Å². The molecule has 1 aromatic heterocycles. The van der Waals surface area contributed by atoms with Crippen LogP contribution in [0.4, 0.5) is 11.6 Å². The smallest absolute Gasteiger partial charge is 0.134 e. The van der Waals surface area contributed by atoms with Gasteiger partial charge < -0.3 is 15.5 Å². The Morgan fingerprint density at radius 2 is 2.26 bits per heavy atom. The molecule has 1 aliphatic rings. The molecule has 1 fully saturated rings. The summed E-state index contributed by atoms with van der Waals surface area (Å²) in [4.78, 5) is 11.1. The van der Waals surface area contributed by atoms with Gasteiger partial charge >= 0.3 is 0 Å². The molecule has 5 heteroatoms. The van der Waals surface area contributed by atoms with Crippen LogP contribution in [0.5, 0.6) is 0 Å². The number of anilines is 2. The molecule has 2 rings (SSSR count). The van der Waals surface area contributed by atoms with Crippen LogP contribution in [-0.4, -0.2) is 42.7 Å². The van der Waals surface area contributed by atoms with E-state index in [9.17, 15) is 0 Å². The molecule has 1 unspecified atom stereocenters. The van der Waals surface area contributed by atoms with E-state index in [0.29, 0.717) is 6.04 Å². The topological polar surface area (TPSA) is 53.1 Å². The van der Waals surface area contributed by atoms with Crippen LogP contribution >= 0.6 is 0 Å². The highest BCUT2D eigenvalue weighted by Gasteiger charge is 2.20. The third-order valence-corrected chi connectivity index (χ3v) is 3.42. The molecule has 0 spiro atoms. The minimum absolute atomic E-state index is 0.390. The average Bonchev–Trinajstić information content (AvgIpc) is 2.39. The highest BCUT2D eigenvalue weighted by Crippen LogP contribution is 2.22. The molecule has 2 heterocycles. The van der Waals surface area contributed by atoms with Crippen LogP contribution in [-0.2, 0) is 0 Å². The summed E-state index contributed by atoms with van der Waals surface area (Å²) in [5.74, 6) is 2.67. The second-order valence-electron chi connectivity index (χ2n) is 5.57. The van der Waals surface area contributed by atoms with Crippen molar-refractivity contribution in [3.8, 4) is 0 Å². The van der Waals surface area contributed by atoms with E-state index in [2.05, 4.69) is 45.4 Å². The van der Waals surface area contributed by atoms with Gasteiger partial charge in [-0.1, -0.05) is 0 Å². The van der Waals surface area contributed by atoms with Crippen LogP contribution in [0.15, 0.2) is 12.4 Å². The largest absolute Gasteiger partial charge is 0.368 e. The highest BCUT2D eigenvalue weighted by atomic mass is 15.2. The molecule has 1 atom stereocenters. The van der Waals surface area contributed by atoms with Crippen LogP contribution in [0.25, 0.3) is 0 Å². The highest BCUT2D eigenvalue weighted by molar-refractivity contribution is 5.49. The Kier molecular flexibility index (Phi) is 4.96. The first kappa shape index (κ1) is 14.1. The fourth-order valence-electron chi connectivity index (χ4n) is 2.62. The van der Waals surface area contributed by atoms with Gasteiger partial charge in [0, 0.05) is 25.2 Å². The molecule has 0 saturated carbocycles. The molecule has 0 amide bonds. The summed E-state index contributed by atoms with van der Waals surface area (Å²) < 4.78 is 0. The average molecular weight is 263 g/mol. The molecular formula is C14H25N5. The maximum atomic E-state index is 4.42. The molecule has 1 aliphatic heterocycles. The summed E-state index contributed by atoms with van der Waals surface area (Å²) in [6.07, 6.45) is 4.20. The molecule has 1 aromatic rings. The lowest BCUT2D eigenvalue weighted by molar-refractivity contribution is 0.401. The fraction of sp³-hybridized carbons (Fsp3) is 0.714. The van der Waals surface area contributed by atoms with Crippen LogP contribution in [0, 0.1) is 5.92 Å². The van der Waals surface area contributed by atoms with Crippen molar-refractivity contribution in [3.05, 3.63) is 12.4 Å². The summed E-state index contributed by atoms with van der Waals surface area (Å²) in [7, 11) is 2.02. The molecule has 106 valence electrons. The van der Waals surface area contributed by atoms with Gasteiger partial charge in [-0.15, -0.1) is 0 Å². The van der Waals surface area contributed by atoms with E-state index < -0.39 is 0 Å². The van der Waals surface area contributed by atoms with Crippen LogP contribution in [0.2, 0.25) is 0 Å². The van der Waals surface area contributed by atoms with E-state index in [1.807, 2.05) is 7.05 Å². The molecule has 0 radical (unpaired) electrons.